The Balaban J connectivity index is 2.96. The summed E-state index contributed by atoms with van der Waals surface area (Å²) in [6.07, 6.45) is 1.81. The monoisotopic (exact) mass is 212 g/mol. The Morgan fingerprint density at radius 2 is 2.27 bits per heavy atom. The van der Waals surface area contributed by atoms with Crippen molar-refractivity contribution in [3.63, 3.8) is 0 Å². The van der Waals surface area contributed by atoms with Crippen LogP contribution in [0.5, 0.6) is 0 Å². The van der Waals surface area contributed by atoms with Crippen molar-refractivity contribution in [3.8, 4) is 0 Å². The van der Waals surface area contributed by atoms with Gasteiger partial charge in [-0.25, -0.2) is 4.68 Å². The van der Waals surface area contributed by atoms with Crippen molar-refractivity contribution < 1.29 is 4.74 Å². The molecule has 0 aromatic carbocycles. The second-order valence-electron chi connectivity index (χ2n) is 3.56. The van der Waals surface area contributed by atoms with E-state index in [2.05, 4.69) is 17.2 Å². The van der Waals surface area contributed by atoms with Gasteiger partial charge in [0.05, 0.1) is 17.5 Å². The molecular formula is C10H20N4O. The summed E-state index contributed by atoms with van der Waals surface area (Å²) in [5, 5.41) is 8.27. The van der Waals surface area contributed by atoms with Crippen LogP contribution in [-0.2, 0) is 17.7 Å². The molecule has 15 heavy (non-hydrogen) atoms. The number of aryl methyl sites for hydroxylation is 1. The lowest BCUT2D eigenvalue weighted by molar-refractivity contribution is 0.110. The highest BCUT2D eigenvalue weighted by molar-refractivity contribution is 5.13. The van der Waals surface area contributed by atoms with Gasteiger partial charge in [-0.3, -0.25) is 0 Å². The van der Waals surface area contributed by atoms with E-state index in [9.17, 15) is 0 Å². The van der Waals surface area contributed by atoms with Crippen LogP contribution in [0.1, 0.15) is 37.8 Å². The zero-order valence-electron chi connectivity index (χ0n) is 9.73. The summed E-state index contributed by atoms with van der Waals surface area (Å²) in [4.78, 5) is 0. The number of methoxy groups -OCH3 is 1. The number of nitrogens with two attached hydrogens (primary N) is 1. The molecule has 0 spiro atoms. The summed E-state index contributed by atoms with van der Waals surface area (Å²) >= 11 is 0. The van der Waals surface area contributed by atoms with Crippen molar-refractivity contribution in [2.75, 3.05) is 13.7 Å². The maximum absolute atomic E-state index is 5.54. The molecule has 0 bridgehead atoms. The summed E-state index contributed by atoms with van der Waals surface area (Å²) in [6.45, 7) is 5.59. The van der Waals surface area contributed by atoms with Crippen molar-refractivity contribution in [1.29, 1.82) is 0 Å². The van der Waals surface area contributed by atoms with Gasteiger partial charge in [0, 0.05) is 20.1 Å². The predicted molar refractivity (Wildman–Crippen MR) is 58.5 cm³/mol. The molecule has 1 aromatic heterocycles. The molecule has 0 aliphatic heterocycles. The predicted octanol–water partition coefficient (Wildman–Crippen LogP) is 0.897. The second-order valence-corrected chi connectivity index (χ2v) is 3.56. The number of hydrogen-bond acceptors (Lipinski definition) is 4. The average Bonchev–Trinajstić information content (AvgIpc) is 2.62. The van der Waals surface area contributed by atoms with Gasteiger partial charge >= 0.3 is 0 Å². The van der Waals surface area contributed by atoms with Gasteiger partial charge in [-0.2, -0.15) is 0 Å². The number of hydrogen-bond donors (Lipinski definition) is 1. The van der Waals surface area contributed by atoms with E-state index in [1.807, 2.05) is 11.6 Å². The van der Waals surface area contributed by atoms with Crippen molar-refractivity contribution >= 4 is 0 Å². The summed E-state index contributed by atoms with van der Waals surface area (Å²) in [5.74, 6) is 0. The van der Waals surface area contributed by atoms with Crippen LogP contribution < -0.4 is 5.73 Å². The molecule has 1 aromatic rings. The number of ether oxygens (including phenoxy) is 1. The second kappa shape index (κ2) is 5.82. The van der Waals surface area contributed by atoms with E-state index in [1.54, 1.807) is 7.11 Å². The van der Waals surface area contributed by atoms with E-state index >= 15 is 0 Å². The Labute approximate surface area is 90.6 Å². The summed E-state index contributed by atoms with van der Waals surface area (Å²) in [7, 11) is 1.69. The van der Waals surface area contributed by atoms with Crippen LogP contribution in [0.2, 0.25) is 0 Å². The van der Waals surface area contributed by atoms with Crippen LogP contribution in [0.25, 0.3) is 0 Å². The quantitative estimate of drug-likeness (QED) is 0.760. The SMILES string of the molecule is CCCn1nnc(CCN)c1C(C)OC. The molecule has 0 saturated carbocycles. The van der Waals surface area contributed by atoms with Gasteiger partial charge in [0.15, 0.2) is 0 Å². The Morgan fingerprint density at radius 3 is 2.80 bits per heavy atom. The third-order valence-electron chi connectivity index (χ3n) is 2.40. The standard InChI is InChI=1S/C10H20N4O/c1-4-7-14-10(8(2)15-3)9(5-6-11)12-13-14/h8H,4-7,11H2,1-3H3. The van der Waals surface area contributed by atoms with Crippen molar-refractivity contribution in [3.05, 3.63) is 11.4 Å². The van der Waals surface area contributed by atoms with Crippen LogP contribution in [0.4, 0.5) is 0 Å². The zero-order chi connectivity index (χ0) is 11.3. The maximum Gasteiger partial charge on any atom is 0.0978 e. The minimum atomic E-state index is 0.0214. The lowest BCUT2D eigenvalue weighted by atomic mass is 10.1. The molecule has 0 aliphatic carbocycles. The first kappa shape index (κ1) is 12.1. The van der Waals surface area contributed by atoms with E-state index in [4.69, 9.17) is 10.5 Å². The summed E-state index contributed by atoms with van der Waals surface area (Å²) in [5.41, 5.74) is 7.56. The molecule has 1 atom stereocenters. The fraction of sp³-hybridized carbons (Fsp3) is 0.800. The highest BCUT2D eigenvalue weighted by atomic mass is 16.5. The van der Waals surface area contributed by atoms with Crippen LogP contribution in [0, 0.1) is 0 Å². The lowest BCUT2D eigenvalue weighted by Crippen LogP contribution is -2.12. The fourth-order valence-corrected chi connectivity index (χ4v) is 1.60. The first-order valence-corrected chi connectivity index (χ1v) is 5.39. The highest BCUT2D eigenvalue weighted by Gasteiger charge is 2.17. The van der Waals surface area contributed by atoms with Crippen LogP contribution in [0.15, 0.2) is 0 Å². The maximum atomic E-state index is 5.54. The molecule has 5 heteroatoms. The van der Waals surface area contributed by atoms with Crippen molar-refractivity contribution in [2.24, 2.45) is 5.73 Å². The molecule has 1 unspecified atom stereocenters. The minimum Gasteiger partial charge on any atom is -0.375 e. The molecule has 0 aliphatic rings. The normalized spacial score (nSPS) is 13.1. The van der Waals surface area contributed by atoms with Gasteiger partial charge in [-0.05, 0) is 19.9 Å². The summed E-state index contributed by atoms with van der Waals surface area (Å²) < 4.78 is 7.24. The van der Waals surface area contributed by atoms with Gasteiger partial charge in [-0.15, -0.1) is 5.10 Å². The Bertz CT molecular complexity index is 274. The van der Waals surface area contributed by atoms with Gasteiger partial charge in [0.1, 0.15) is 0 Å². The molecule has 86 valence electrons. The van der Waals surface area contributed by atoms with Crippen LogP contribution in [-0.4, -0.2) is 28.6 Å². The van der Waals surface area contributed by atoms with Gasteiger partial charge in [0.2, 0.25) is 0 Å². The Hall–Kier alpha value is -0.940. The molecule has 1 heterocycles. The Kier molecular flexibility index (Phi) is 4.71. The van der Waals surface area contributed by atoms with Gasteiger partial charge in [0.25, 0.3) is 0 Å². The molecule has 2 N–H and O–H groups in total. The van der Waals surface area contributed by atoms with E-state index in [0.717, 1.165) is 30.8 Å². The molecule has 0 fully saturated rings. The third-order valence-corrected chi connectivity index (χ3v) is 2.40. The lowest BCUT2D eigenvalue weighted by Gasteiger charge is -2.12. The van der Waals surface area contributed by atoms with Crippen LogP contribution >= 0.6 is 0 Å². The number of rotatable bonds is 6. The number of nitrogens with zero attached hydrogens (tertiary/aromatic N) is 3. The minimum absolute atomic E-state index is 0.0214. The molecule has 0 radical (unpaired) electrons. The zero-order valence-corrected chi connectivity index (χ0v) is 9.73. The molecule has 0 amide bonds. The van der Waals surface area contributed by atoms with E-state index < -0.39 is 0 Å². The Morgan fingerprint density at radius 1 is 1.53 bits per heavy atom. The highest BCUT2D eigenvalue weighted by Crippen LogP contribution is 2.19. The van der Waals surface area contributed by atoms with E-state index in [-0.39, 0.29) is 6.10 Å². The van der Waals surface area contributed by atoms with Gasteiger partial charge < -0.3 is 10.5 Å². The van der Waals surface area contributed by atoms with Gasteiger partial charge in [-0.1, -0.05) is 12.1 Å². The van der Waals surface area contributed by atoms with E-state index in [1.165, 1.54) is 0 Å². The first-order valence-electron chi connectivity index (χ1n) is 5.39. The first-order chi connectivity index (χ1) is 7.24. The number of aromatic nitrogens is 3. The smallest absolute Gasteiger partial charge is 0.0978 e. The molecule has 1 rings (SSSR count). The average molecular weight is 212 g/mol. The van der Waals surface area contributed by atoms with Crippen molar-refractivity contribution in [1.82, 2.24) is 15.0 Å². The molecule has 0 saturated heterocycles. The summed E-state index contributed by atoms with van der Waals surface area (Å²) in [6, 6.07) is 0. The fourth-order valence-electron chi connectivity index (χ4n) is 1.60. The topological polar surface area (TPSA) is 66.0 Å². The van der Waals surface area contributed by atoms with E-state index in [0.29, 0.717) is 6.54 Å². The van der Waals surface area contributed by atoms with Crippen molar-refractivity contribution in [2.45, 2.75) is 39.3 Å². The van der Waals surface area contributed by atoms with Crippen LogP contribution in [0.3, 0.4) is 0 Å². The molecular weight excluding hydrogens is 192 g/mol. The molecule has 5 nitrogen and oxygen atoms in total. The third kappa shape index (κ3) is 2.76. The largest absolute Gasteiger partial charge is 0.375 e.